The second-order valence-electron chi connectivity index (χ2n) is 13.3. The van der Waals surface area contributed by atoms with Crippen LogP contribution in [-0.4, -0.2) is 36.1 Å². The summed E-state index contributed by atoms with van der Waals surface area (Å²) in [5.74, 6) is -0.918. The van der Waals surface area contributed by atoms with E-state index in [4.69, 9.17) is 9.47 Å². The van der Waals surface area contributed by atoms with Crippen LogP contribution in [0.4, 0.5) is 10.7 Å². The first-order chi connectivity index (χ1) is 27.3. The predicted molar refractivity (Wildman–Crippen MR) is 224 cm³/mol. The third kappa shape index (κ3) is 10.8. The SMILES string of the molecule is CCC(Sc1cccc(NC(=O)/C(=C\c2ccc(OCc3ccccc3)cc2)NC(=O)c2ccccc2)c1)C(=O)Nc1sc2c(c1C(=O)OC)CCCCCC2. The van der Waals surface area contributed by atoms with E-state index < -0.39 is 23.0 Å². The Morgan fingerprint density at radius 2 is 1.54 bits per heavy atom. The molecule has 0 saturated carbocycles. The third-order valence-electron chi connectivity index (χ3n) is 9.30. The number of carbonyl (C=O) groups is 4. The zero-order valence-electron chi connectivity index (χ0n) is 31.5. The van der Waals surface area contributed by atoms with Gasteiger partial charge in [-0.3, -0.25) is 14.4 Å². The van der Waals surface area contributed by atoms with Crippen molar-refractivity contribution in [2.45, 2.75) is 68.6 Å². The summed E-state index contributed by atoms with van der Waals surface area (Å²) in [7, 11) is 1.37. The molecule has 1 atom stereocenters. The molecular formula is C45H45N3O6S2. The average molecular weight is 788 g/mol. The maximum absolute atomic E-state index is 13.8. The van der Waals surface area contributed by atoms with Gasteiger partial charge < -0.3 is 25.4 Å². The number of esters is 1. The number of aryl methyl sites for hydroxylation is 1. The lowest BCUT2D eigenvalue weighted by molar-refractivity contribution is -0.116. The van der Waals surface area contributed by atoms with Gasteiger partial charge in [-0.1, -0.05) is 86.5 Å². The summed E-state index contributed by atoms with van der Waals surface area (Å²) in [6.07, 6.45) is 8.13. The first-order valence-electron chi connectivity index (χ1n) is 18.8. The molecule has 0 saturated heterocycles. The normalized spacial score (nSPS) is 13.3. The van der Waals surface area contributed by atoms with Crippen molar-refractivity contribution >= 4 is 63.6 Å². The molecule has 1 aliphatic rings. The van der Waals surface area contributed by atoms with E-state index in [2.05, 4.69) is 16.0 Å². The van der Waals surface area contributed by atoms with Crippen LogP contribution < -0.4 is 20.7 Å². The number of nitrogens with one attached hydrogen (secondary N) is 3. The van der Waals surface area contributed by atoms with E-state index >= 15 is 0 Å². The van der Waals surface area contributed by atoms with Crippen LogP contribution in [0.3, 0.4) is 0 Å². The fourth-order valence-electron chi connectivity index (χ4n) is 6.36. The summed E-state index contributed by atoms with van der Waals surface area (Å²) >= 11 is 2.85. The van der Waals surface area contributed by atoms with Gasteiger partial charge in [-0.15, -0.1) is 23.1 Å². The summed E-state index contributed by atoms with van der Waals surface area (Å²) in [4.78, 5) is 55.6. The molecule has 1 heterocycles. The van der Waals surface area contributed by atoms with Crippen molar-refractivity contribution < 1.29 is 28.7 Å². The van der Waals surface area contributed by atoms with E-state index in [1.807, 2.05) is 73.7 Å². The molecule has 0 bridgehead atoms. The molecular weight excluding hydrogens is 743 g/mol. The van der Waals surface area contributed by atoms with E-state index in [1.165, 1.54) is 30.2 Å². The first kappa shape index (κ1) is 40.0. The standard InChI is InChI=1S/C45H45N3O6S2/c1-3-38(43(51)48-44-40(45(52)53-2)36-21-12-4-5-13-22-39(36)56-44)55-35-20-14-19-33(28-35)46-42(50)37(47-41(49)32-17-10-7-11-18-32)27-30-23-25-34(26-24-30)54-29-31-15-8-6-9-16-31/h6-11,14-20,23-28,38H,3-5,12-13,21-22,29H2,1-2H3,(H,46,50)(H,47,49)(H,48,51)/b37-27+. The Labute approximate surface area is 335 Å². The summed E-state index contributed by atoms with van der Waals surface area (Å²) in [6.45, 7) is 2.36. The Bertz CT molecular complexity index is 2170. The van der Waals surface area contributed by atoms with Gasteiger partial charge in [0, 0.05) is 21.0 Å². The minimum Gasteiger partial charge on any atom is -0.489 e. The Hall–Kier alpha value is -5.65. The Morgan fingerprint density at radius 1 is 0.821 bits per heavy atom. The molecule has 1 aromatic heterocycles. The zero-order chi connectivity index (χ0) is 39.3. The van der Waals surface area contributed by atoms with Crippen molar-refractivity contribution in [1.82, 2.24) is 5.32 Å². The van der Waals surface area contributed by atoms with Gasteiger partial charge in [-0.2, -0.15) is 0 Å². The fraction of sp³-hybridized carbons (Fsp3) is 0.244. The van der Waals surface area contributed by atoms with Gasteiger partial charge in [-0.25, -0.2) is 4.79 Å². The Morgan fingerprint density at radius 3 is 2.25 bits per heavy atom. The van der Waals surface area contributed by atoms with Crippen LogP contribution in [0.5, 0.6) is 5.75 Å². The molecule has 4 aromatic carbocycles. The summed E-state index contributed by atoms with van der Waals surface area (Å²) in [5, 5.41) is 8.84. The van der Waals surface area contributed by atoms with Crippen LogP contribution in [0.1, 0.15) is 81.3 Å². The highest BCUT2D eigenvalue weighted by atomic mass is 32.2. The minimum absolute atomic E-state index is 0.0483. The van der Waals surface area contributed by atoms with Gasteiger partial charge in [0.1, 0.15) is 23.1 Å². The number of anilines is 2. The van der Waals surface area contributed by atoms with Gasteiger partial charge >= 0.3 is 5.97 Å². The number of methoxy groups -OCH3 is 1. The highest BCUT2D eigenvalue weighted by Gasteiger charge is 2.28. The number of ether oxygens (including phenoxy) is 2. The van der Waals surface area contributed by atoms with Gasteiger partial charge in [0.2, 0.25) is 5.91 Å². The highest BCUT2D eigenvalue weighted by Crippen LogP contribution is 2.38. The van der Waals surface area contributed by atoms with E-state index in [1.54, 1.807) is 48.5 Å². The molecule has 0 aliphatic heterocycles. The van der Waals surface area contributed by atoms with E-state index in [0.29, 0.717) is 46.2 Å². The number of amides is 3. The number of rotatable bonds is 14. The number of thiophene rings is 1. The lowest BCUT2D eigenvalue weighted by Crippen LogP contribution is -2.30. The number of thioether (sulfide) groups is 1. The first-order valence-corrected chi connectivity index (χ1v) is 20.5. The molecule has 0 fully saturated rings. The molecule has 0 radical (unpaired) electrons. The quantitative estimate of drug-likeness (QED) is 0.0582. The van der Waals surface area contributed by atoms with Crippen LogP contribution in [0.15, 0.2) is 120 Å². The highest BCUT2D eigenvalue weighted by molar-refractivity contribution is 8.00. The average Bonchev–Trinajstić information content (AvgIpc) is 3.54. The van der Waals surface area contributed by atoms with Crippen molar-refractivity contribution in [2.24, 2.45) is 0 Å². The topological polar surface area (TPSA) is 123 Å². The number of hydrogen-bond acceptors (Lipinski definition) is 8. The van der Waals surface area contributed by atoms with E-state index in [0.717, 1.165) is 59.4 Å². The van der Waals surface area contributed by atoms with Gasteiger partial charge in [0.05, 0.1) is 17.9 Å². The maximum Gasteiger partial charge on any atom is 0.341 e. The van der Waals surface area contributed by atoms with Crippen molar-refractivity contribution in [3.05, 3.63) is 148 Å². The van der Waals surface area contributed by atoms with Crippen LogP contribution >= 0.6 is 23.1 Å². The maximum atomic E-state index is 13.8. The van der Waals surface area contributed by atoms with Crippen LogP contribution in [0.25, 0.3) is 6.08 Å². The molecule has 5 aromatic rings. The lowest BCUT2D eigenvalue weighted by Gasteiger charge is -2.16. The van der Waals surface area contributed by atoms with Crippen LogP contribution in [-0.2, 0) is 33.8 Å². The van der Waals surface area contributed by atoms with Gasteiger partial charge in [-0.05, 0) is 97.3 Å². The van der Waals surface area contributed by atoms with Gasteiger partial charge in [0.25, 0.3) is 11.8 Å². The molecule has 0 spiro atoms. The number of fused-ring (bicyclic) bond motifs is 1. The molecule has 3 amide bonds. The van der Waals surface area contributed by atoms with Crippen molar-refractivity contribution in [1.29, 1.82) is 0 Å². The molecule has 56 heavy (non-hydrogen) atoms. The molecule has 288 valence electrons. The monoisotopic (exact) mass is 787 g/mol. The smallest absolute Gasteiger partial charge is 0.341 e. The minimum atomic E-state index is -0.519. The van der Waals surface area contributed by atoms with Crippen LogP contribution in [0, 0.1) is 0 Å². The van der Waals surface area contributed by atoms with E-state index in [9.17, 15) is 19.2 Å². The lowest BCUT2D eigenvalue weighted by atomic mass is 9.96. The second-order valence-corrected chi connectivity index (χ2v) is 15.7. The fourth-order valence-corrected chi connectivity index (χ4v) is 8.65. The van der Waals surface area contributed by atoms with Crippen molar-refractivity contribution in [2.75, 3.05) is 17.7 Å². The molecule has 1 aliphatic carbocycles. The Kier molecular flexibility index (Phi) is 14.1. The molecule has 9 nitrogen and oxygen atoms in total. The Balaban J connectivity index is 1.16. The molecule has 11 heteroatoms. The van der Waals surface area contributed by atoms with E-state index in [-0.39, 0.29) is 11.6 Å². The summed E-state index contributed by atoms with van der Waals surface area (Å²) in [5.41, 5.74) is 4.15. The second kappa shape index (κ2) is 19.8. The molecule has 1 unspecified atom stereocenters. The molecule has 6 rings (SSSR count). The summed E-state index contributed by atoms with van der Waals surface area (Å²) in [6, 6.07) is 33.0. The van der Waals surface area contributed by atoms with Crippen molar-refractivity contribution in [3.8, 4) is 5.75 Å². The predicted octanol–water partition coefficient (Wildman–Crippen LogP) is 9.69. The van der Waals surface area contributed by atoms with Gasteiger partial charge in [0.15, 0.2) is 0 Å². The number of carbonyl (C=O) groups excluding carboxylic acids is 4. The van der Waals surface area contributed by atoms with Crippen LogP contribution in [0.2, 0.25) is 0 Å². The zero-order valence-corrected chi connectivity index (χ0v) is 33.1. The summed E-state index contributed by atoms with van der Waals surface area (Å²) < 4.78 is 11.1. The molecule has 3 N–H and O–H groups in total. The third-order valence-corrected chi connectivity index (χ3v) is 11.9. The number of hydrogen-bond donors (Lipinski definition) is 3. The number of benzene rings is 4. The van der Waals surface area contributed by atoms with Crippen molar-refractivity contribution in [3.63, 3.8) is 0 Å². The largest absolute Gasteiger partial charge is 0.489 e.